The number of hydrogen-bond donors (Lipinski definition) is 1. The Bertz CT molecular complexity index is 437. The summed E-state index contributed by atoms with van der Waals surface area (Å²) in [6.45, 7) is 5.76. The lowest BCUT2D eigenvalue weighted by Crippen LogP contribution is -2.25. The number of halogens is 1. The van der Waals surface area contributed by atoms with Crippen LogP contribution < -0.4 is 10.1 Å². The molecule has 1 atom stereocenters. The molecule has 2 rings (SSSR count). The first-order chi connectivity index (χ1) is 9.70. The zero-order valence-corrected chi connectivity index (χ0v) is 13.1. The standard InChI is InChI=1S/C16H24ClNO2/c1-12(11-18-6-8-19-2)3-4-13-9-15(17)10-14-5-7-20-16(13)14/h9-10,12,18H,3-8,11H2,1-2H3. The molecule has 3 nitrogen and oxygen atoms in total. The van der Waals surface area contributed by atoms with Crippen LogP contribution >= 0.6 is 11.6 Å². The number of aryl methyl sites for hydroxylation is 1. The van der Waals surface area contributed by atoms with Crippen LogP contribution in [0.3, 0.4) is 0 Å². The molecule has 0 radical (unpaired) electrons. The van der Waals surface area contributed by atoms with Gasteiger partial charge in [0.1, 0.15) is 5.75 Å². The summed E-state index contributed by atoms with van der Waals surface area (Å²) >= 11 is 6.18. The second-order valence-corrected chi connectivity index (χ2v) is 5.93. The summed E-state index contributed by atoms with van der Waals surface area (Å²) in [5.41, 5.74) is 2.52. The summed E-state index contributed by atoms with van der Waals surface area (Å²) < 4.78 is 10.8. The van der Waals surface area contributed by atoms with Gasteiger partial charge in [-0.25, -0.2) is 0 Å². The van der Waals surface area contributed by atoms with Gasteiger partial charge in [-0.15, -0.1) is 0 Å². The molecule has 1 heterocycles. The van der Waals surface area contributed by atoms with Crippen molar-refractivity contribution in [1.82, 2.24) is 5.32 Å². The number of benzene rings is 1. The highest BCUT2D eigenvalue weighted by molar-refractivity contribution is 6.30. The van der Waals surface area contributed by atoms with Crippen LogP contribution in [-0.2, 0) is 17.6 Å². The minimum absolute atomic E-state index is 0.628. The third kappa shape index (κ3) is 4.37. The summed E-state index contributed by atoms with van der Waals surface area (Å²) in [5, 5.41) is 4.23. The summed E-state index contributed by atoms with van der Waals surface area (Å²) in [6.07, 6.45) is 3.14. The molecule has 0 spiro atoms. The minimum Gasteiger partial charge on any atom is -0.493 e. The number of methoxy groups -OCH3 is 1. The van der Waals surface area contributed by atoms with Gasteiger partial charge >= 0.3 is 0 Å². The molecule has 1 unspecified atom stereocenters. The summed E-state index contributed by atoms with van der Waals surface area (Å²) in [7, 11) is 1.73. The number of fused-ring (bicyclic) bond motifs is 1. The van der Waals surface area contributed by atoms with Gasteiger partial charge in [-0.2, -0.15) is 0 Å². The number of nitrogens with one attached hydrogen (secondary N) is 1. The van der Waals surface area contributed by atoms with E-state index < -0.39 is 0 Å². The molecule has 1 N–H and O–H groups in total. The molecular weight excluding hydrogens is 274 g/mol. The van der Waals surface area contributed by atoms with Gasteiger partial charge < -0.3 is 14.8 Å². The molecule has 0 saturated heterocycles. The maximum atomic E-state index is 6.18. The summed E-state index contributed by atoms with van der Waals surface area (Å²) in [4.78, 5) is 0. The summed E-state index contributed by atoms with van der Waals surface area (Å²) in [5.74, 6) is 1.71. The van der Waals surface area contributed by atoms with Crippen LogP contribution in [0, 0.1) is 5.92 Å². The zero-order chi connectivity index (χ0) is 14.4. The highest BCUT2D eigenvalue weighted by Gasteiger charge is 2.17. The Balaban J connectivity index is 1.82. The van der Waals surface area contributed by atoms with Gasteiger partial charge in [0, 0.05) is 25.1 Å². The van der Waals surface area contributed by atoms with E-state index in [1.807, 2.05) is 6.07 Å². The van der Waals surface area contributed by atoms with E-state index in [-0.39, 0.29) is 0 Å². The van der Waals surface area contributed by atoms with Crippen molar-refractivity contribution < 1.29 is 9.47 Å². The Morgan fingerprint density at radius 2 is 2.30 bits per heavy atom. The largest absolute Gasteiger partial charge is 0.493 e. The first-order valence-electron chi connectivity index (χ1n) is 7.34. The lowest BCUT2D eigenvalue weighted by atomic mass is 9.98. The number of ether oxygens (including phenoxy) is 2. The van der Waals surface area contributed by atoms with Crippen LogP contribution in [0.4, 0.5) is 0 Å². The van der Waals surface area contributed by atoms with E-state index in [1.54, 1.807) is 7.11 Å². The first kappa shape index (κ1) is 15.6. The van der Waals surface area contributed by atoms with E-state index in [9.17, 15) is 0 Å². The monoisotopic (exact) mass is 297 g/mol. The van der Waals surface area contributed by atoms with E-state index in [0.717, 1.165) is 56.3 Å². The molecule has 1 aliphatic rings. The van der Waals surface area contributed by atoms with Crippen molar-refractivity contribution in [2.75, 3.05) is 33.4 Å². The van der Waals surface area contributed by atoms with Gasteiger partial charge in [-0.3, -0.25) is 0 Å². The molecule has 4 heteroatoms. The molecule has 0 amide bonds. The molecule has 1 aliphatic heterocycles. The molecule has 0 bridgehead atoms. The Kier molecular flexibility index (Phi) is 6.14. The van der Waals surface area contributed by atoms with Crippen LogP contribution in [0.25, 0.3) is 0 Å². The third-order valence-electron chi connectivity index (χ3n) is 3.71. The molecule has 1 aromatic rings. The van der Waals surface area contributed by atoms with E-state index in [0.29, 0.717) is 5.92 Å². The highest BCUT2D eigenvalue weighted by atomic mass is 35.5. The fourth-order valence-corrected chi connectivity index (χ4v) is 2.82. The fraction of sp³-hybridized carbons (Fsp3) is 0.625. The molecular formula is C16H24ClNO2. The Hall–Kier alpha value is -0.770. The highest BCUT2D eigenvalue weighted by Crippen LogP contribution is 2.33. The predicted octanol–water partition coefficient (Wildman–Crippen LogP) is 3.08. The second-order valence-electron chi connectivity index (χ2n) is 5.49. The van der Waals surface area contributed by atoms with Crippen molar-refractivity contribution in [3.63, 3.8) is 0 Å². The molecule has 20 heavy (non-hydrogen) atoms. The quantitative estimate of drug-likeness (QED) is 0.748. The van der Waals surface area contributed by atoms with Crippen molar-refractivity contribution in [1.29, 1.82) is 0 Å². The predicted molar refractivity (Wildman–Crippen MR) is 82.9 cm³/mol. The first-order valence-corrected chi connectivity index (χ1v) is 7.72. The van der Waals surface area contributed by atoms with E-state index in [2.05, 4.69) is 18.3 Å². The van der Waals surface area contributed by atoms with Gasteiger partial charge in [0.25, 0.3) is 0 Å². The second kappa shape index (κ2) is 7.87. The normalized spacial score (nSPS) is 14.9. The molecule has 0 fully saturated rings. The average Bonchev–Trinajstić information content (AvgIpc) is 2.89. The van der Waals surface area contributed by atoms with Gasteiger partial charge in [-0.05, 0) is 48.6 Å². The van der Waals surface area contributed by atoms with Crippen molar-refractivity contribution in [2.24, 2.45) is 5.92 Å². The lowest BCUT2D eigenvalue weighted by molar-refractivity contribution is 0.198. The lowest BCUT2D eigenvalue weighted by Gasteiger charge is -2.14. The van der Waals surface area contributed by atoms with Gasteiger partial charge in [0.05, 0.1) is 13.2 Å². The zero-order valence-electron chi connectivity index (χ0n) is 12.4. The molecule has 0 saturated carbocycles. The van der Waals surface area contributed by atoms with Gasteiger partial charge in [-0.1, -0.05) is 18.5 Å². The van der Waals surface area contributed by atoms with Gasteiger partial charge in [0.15, 0.2) is 0 Å². The van der Waals surface area contributed by atoms with Crippen LogP contribution in [0.1, 0.15) is 24.5 Å². The molecule has 112 valence electrons. The Labute approximate surface area is 126 Å². The fourth-order valence-electron chi connectivity index (χ4n) is 2.56. The van der Waals surface area contributed by atoms with Crippen molar-refractivity contribution in [2.45, 2.75) is 26.2 Å². The van der Waals surface area contributed by atoms with E-state index >= 15 is 0 Å². The third-order valence-corrected chi connectivity index (χ3v) is 3.93. The molecule has 1 aromatic carbocycles. The summed E-state index contributed by atoms with van der Waals surface area (Å²) in [6, 6.07) is 4.08. The molecule has 0 aromatic heterocycles. The maximum absolute atomic E-state index is 6.18. The van der Waals surface area contributed by atoms with E-state index in [4.69, 9.17) is 21.1 Å². The minimum atomic E-state index is 0.628. The van der Waals surface area contributed by atoms with Crippen LogP contribution in [0.15, 0.2) is 12.1 Å². The smallest absolute Gasteiger partial charge is 0.125 e. The van der Waals surface area contributed by atoms with Crippen LogP contribution in [-0.4, -0.2) is 33.4 Å². The van der Waals surface area contributed by atoms with Crippen molar-refractivity contribution in [3.8, 4) is 5.75 Å². The van der Waals surface area contributed by atoms with Crippen LogP contribution in [0.5, 0.6) is 5.75 Å². The van der Waals surface area contributed by atoms with Crippen molar-refractivity contribution >= 4 is 11.6 Å². The topological polar surface area (TPSA) is 30.5 Å². The van der Waals surface area contributed by atoms with Crippen LogP contribution in [0.2, 0.25) is 5.02 Å². The Morgan fingerprint density at radius 1 is 1.45 bits per heavy atom. The molecule has 0 aliphatic carbocycles. The average molecular weight is 298 g/mol. The maximum Gasteiger partial charge on any atom is 0.125 e. The SMILES string of the molecule is COCCNCC(C)CCc1cc(Cl)cc2c1OCC2. The van der Waals surface area contributed by atoms with Gasteiger partial charge in [0.2, 0.25) is 0 Å². The van der Waals surface area contributed by atoms with E-state index in [1.165, 1.54) is 11.1 Å². The van der Waals surface area contributed by atoms with Crippen molar-refractivity contribution in [3.05, 3.63) is 28.3 Å². The Morgan fingerprint density at radius 3 is 3.10 bits per heavy atom. The number of hydrogen-bond acceptors (Lipinski definition) is 3. The number of rotatable bonds is 8.